The lowest BCUT2D eigenvalue weighted by molar-refractivity contribution is -0.724. The van der Waals surface area contributed by atoms with Crippen molar-refractivity contribution in [2.24, 2.45) is 0 Å². The molecule has 1 aliphatic heterocycles. The van der Waals surface area contributed by atoms with Gasteiger partial charge in [-0.25, -0.2) is 0 Å². The summed E-state index contributed by atoms with van der Waals surface area (Å²) in [5.74, 6) is 1.16. The number of phenols is 1. The second-order valence-corrected chi connectivity index (χ2v) is 7.19. The maximum atomic E-state index is 10.3. The minimum Gasteiger partial charge on any atom is -0.507 e. The van der Waals surface area contributed by atoms with Gasteiger partial charge in [-0.2, -0.15) is 0 Å². The Morgan fingerprint density at radius 1 is 1.24 bits per heavy atom. The molecule has 2 unspecified atom stereocenters. The molecule has 2 aromatic carbocycles. The quantitative estimate of drug-likeness (QED) is 0.715. The predicted octanol–water partition coefficient (Wildman–Crippen LogP) is 3.54. The van der Waals surface area contributed by atoms with Crippen molar-refractivity contribution in [3.8, 4) is 11.5 Å². The van der Waals surface area contributed by atoms with Gasteiger partial charge in [-0.1, -0.05) is 35.0 Å². The Bertz CT molecular complexity index is 776. The van der Waals surface area contributed by atoms with Crippen LogP contribution in [0.15, 0.2) is 53.0 Å². The third-order valence-corrected chi connectivity index (χ3v) is 4.95. The Balaban J connectivity index is 2.00. The van der Waals surface area contributed by atoms with Crippen LogP contribution in [-0.4, -0.2) is 18.4 Å². The molecule has 0 aromatic heterocycles. The third kappa shape index (κ3) is 4.17. The first-order chi connectivity index (χ1) is 12.1. The van der Waals surface area contributed by atoms with E-state index in [4.69, 9.17) is 4.74 Å². The molecule has 0 radical (unpaired) electrons. The van der Waals surface area contributed by atoms with Gasteiger partial charge in [-0.3, -0.25) is 0 Å². The van der Waals surface area contributed by atoms with Crippen LogP contribution in [0.2, 0.25) is 0 Å². The number of quaternary nitrogens is 1. The lowest BCUT2D eigenvalue weighted by atomic mass is 9.98. The fraction of sp³-hybridized carbons (Fsp3) is 0.300. The topological polar surface area (TPSA) is 58.1 Å². The molecule has 0 fully saturated rings. The Morgan fingerprint density at radius 2 is 2.08 bits per heavy atom. The van der Waals surface area contributed by atoms with Crippen LogP contribution >= 0.6 is 15.9 Å². The summed E-state index contributed by atoms with van der Waals surface area (Å²) in [6.07, 6.45) is 4.57. The Labute approximate surface area is 157 Å². The van der Waals surface area contributed by atoms with E-state index in [1.54, 1.807) is 13.2 Å². The normalized spacial score (nSPS) is 19.9. The number of halogens is 1. The van der Waals surface area contributed by atoms with E-state index in [9.17, 15) is 5.11 Å². The number of nitrogens with one attached hydrogen (secondary N) is 1. The average Bonchev–Trinajstić information content (AvgIpc) is 2.64. The maximum Gasteiger partial charge on any atom is 0.159 e. The number of hydrogen-bond donors (Lipinski definition) is 3. The van der Waals surface area contributed by atoms with E-state index in [0.29, 0.717) is 5.75 Å². The molecular weight excluding hydrogens is 380 g/mol. The van der Waals surface area contributed by atoms with Crippen molar-refractivity contribution in [2.75, 3.05) is 7.11 Å². The van der Waals surface area contributed by atoms with Crippen LogP contribution in [0.25, 0.3) is 5.70 Å². The molecular formula is C20H24BrN2O2+. The molecule has 4 nitrogen and oxygen atoms in total. The fourth-order valence-electron chi connectivity index (χ4n) is 3.22. The molecule has 5 heteroatoms. The summed E-state index contributed by atoms with van der Waals surface area (Å²) < 4.78 is 6.33. The summed E-state index contributed by atoms with van der Waals surface area (Å²) in [7, 11) is 1.68. The van der Waals surface area contributed by atoms with Crippen molar-refractivity contribution in [3.63, 3.8) is 0 Å². The monoisotopic (exact) mass is 403 g/mol. The van der Waals surface area contributed by atoms with Gasteiger partial charge >= 0.3 is 0 Å². The lowest BCUT2D eigenvalue weighted by Gasteiger charge is -2.30. The Hall–Kier alpha value is -1.98. The van der Waals surface area contributed by atoms with Gasteiger partial charge in [0.05, 0.1) is 12.7 Å². The Morgan fingerprint density at radius 3 is 2.84 bits per heavy atom. The summed E-state index contributed by atoms with van der Waals surface area (Å²) in [5, 5.41) is 16.2. The average molecular weight is 404 g/mol. The smallest absolute Gasteiger partial charge is 0.159 e. The highest BCUT2D eigenvalue weighted by molar-refractivity contribution is 9.10. The van der Waals surface area contributed by atoms with Gasteiger partial charge in [0.25, 0.3) is 0 Å². The molecule has 25 heavy (non-hydrogen) atoms. The molecule has 2 atom stereocenters. The van der Waals surface area contributed by atoms with Crippen molar-refractivity contribution in [1.29, 1.82) is 0 Å². The highest BCUT2D eigenvalue weighted by atomic mass is 79.9. The molecule has 0 amide bonds. The van der Waals surface area contributed by atoms with E-state index < -0.39 is 0 Å². The molecule has 1 heterocycles. The van der Waals surface area contributed by atoms with Gasteiger partial charge in [-0.15, -0.1) is 0 Å². The minimum atomic E-state index is 0.0523. The Kier molecular flexibility index (Phi) is 5.66. The zero-order valence-electron chi connectivity index (χ0n) is 14.5. The van der Waals surface area contributed by atoms with E-state index in [0.717, 1.165) is 39.9 Å². The van der Waals surface area contributed by atoms with Crippen LogP contribution in [0.4, 0.5) is 0 Å². The van der Waals surface area contributed by atoms with Gasteiger partial charge in [0.1, 0.15) is 17.5 Å². The minimum absolute atomic E-state index is 0.0523. The molecule has 132 valence electrons. The van der Waals surface area contributed by atoms with Gasteiger partial charge < -0.3 is 20.5 Å². The van der Waals surface area contributed by atoms with Crippen molar-refractivity contribution in [1.82, 2.24) is 5.32 Å². The third-order valence-electron chi connectivity index (χ3n) is 4.46. The van der Waals surface area contributed by atoms with Gasteiger partial charge in [0.2, 0.25) is 0 Å². The second-order valence-electron chi connectivity index (χ2n) is 6.27. The predicted molar refractivity (Wildman–Crippen MR) is 103 cm³/mol. The summed E-state index contributed by atoms with van der Waals surface area (Å²) in [5.41, 5.74) is 3.08. The second kappa shape index (κ2) is 7.93. The highest BCUT2D eigenvalue weighted by Crippen LogP contribution is 2.30. The van der Waals surface area contributed by atoms with Crippen molar-refractivity contribution >= 4 is 21.6 Å². The van der Waals surface area contributed by atoms with Gasteiger partial charge in [0, 0.05) is 28.2 Å². The number of hydrogen-bond acceptors (Lipinski definition) is 3. The number of phenolic OH excluding ortho intramolecular Hbond substituents is 1. The van der Waals surface area contributed by atoms with Gasteiger partial charge in [0.15, 0.2) is 6.17 Å². The van der Waals surface area contributed by atoms with Crippen LogP contribution in [0.1, 0.15) is 36.9 Å². The van der Waals surface area contributed by atoms with Crippen LogP contribution < -0.4 is 15.4 Å². The number of rotatable bonds is 5. The molecule has 0 aliphatic carbocycles. The van der Waals surface area contributed by atoms with Crippen LogP contribution in [0, 0.1) is 0 Å². The summed E-state index contributed by atoms with van der Waals surface area (Å²) in [6.45, 7) is 2.19. The first-order valence-corrected chi connectivity index (χ1v) is 9.36. The van der Waals surface area contributed by atoms with Crippen molar-refractivity contribution in [2.45, 2.75) is 32.0 Å². The molecule has 0 bridgehead atoms. The maximum absolute atomic E-state index is 10.3. The molecule has 4 N–H and O–H groups in total. The SMILES string of the molecule is CCCC1NC(c2cccc(OC)c2)=CC(c2cc(Br)ccc2O)[NH2+]1. The van der Waals surface area contributed by atoms with Gasteiger partial charge in [-0.05, 0) is 36.8 Å². The van der Waals surface area contributed by atoms with Crippen molar-refractivity contribution in [3.05, 3.63) is 64.1 Å². The van der Waals surface area contributed by atoms with Crippen LogP contribution in [-0.2, 0) is 0 Å². The van der Waals surface area contributed by atoms with Crippen molar-refractivity contribution < 1.29 is 15.2 Å². The zero-order valence-corrected chi connectivity index (χ0v) is 16.1. The van der Waals surface area contributed by atoms with Crippen LogP contribution in [0.3, 0.4) is 0 Å². The summed E-state index contributed by atoms with van der Waals surface area (Å²) in [4.78, 5) is 0. The molecule has 0 saturated carbocycles. The molecule has 3 rings (SSSR count). The molecule has 1 aliphatic rings. The van der Waals surface area contributed by atoms with E-state index in [1.807, 2.05) is 30.3 Å². The first kappa shape index (κ1) is 17.8. The van der Waals surface area contributed by atoms with E-state index in [2.05, 4.69) is 45.6 Å². The zero-order chi connectivity index (χ0) is 17.8. The highest BCUT2D eigenvalue weighted by Gasteiger charge is 2.27. The van der Waals surface area contributed by atoms with E-state index in [1.165, 1.54) is 0 Å². The summed E-state index contributed by atoms with van der Waals surface area (Å²) >= 11 is 3.51. The molecule has 2 aromatic rings. The van der Waals surface area contributed by atoms with E-state index in [-0.39, 0.29) is 12.2 Å². The number of aromatic hydroxyl groups is 1. The number of methoxy groups -OCH3 is 1. The molecule has 0 saturated heterocycles. The fourth-order valence-corrected chi connectivity index (χ4v) is 3.60. The largest absolute Gasteiger partial charge is 0.507 e. The summed E-state index contributed by atoms with van der Waals surface area (Å²) in [6, 6.07) is 13.7. The lowest BCUT2D eigenvalue weighted by Crippen LogP contribution is -2.94. The van der Waals surface area contributed by atoms with Crippen LogP contribution in [0.5, 0.6) is 11.5 Å². The standard InChI is InChI=1S/C20H23BrN2O2/c1-3-5-20-22-17(13-6-4-7-15(10-13)25-2)12-18(23-20)16-11-14(21)8-9-19(16)24/h4,6-12,18,20,22-24H,3,5H2,1-2H3/p+1. The molecule has 0 spiro atoms. The number of ether oxygens (including phenoxy) is 1. The first-order valence-electron chi connectivity index (χ1n) is 8.57. The number of benzene rings is 2. The number of nitrogens with two attached hydrogens (primary N) is 1. The van der Waals surface area contributed by atoms with E-state index >= 15 is 0 Å².